The number of aliphatic hydroxyl groups is 1. The first kappa shape index (κ1) is 44.9. The second-order valence-electron chi connectivity index (χ2n) is 14.3. The van der Waals surface area contributed by atoms with Crippen LogP contribution in [0.25, 0.3) is 16.9 Å². The van der Waals surface area contributed by atoms with Crippen molar-refractivity contribution in [3.63, 3.8) is 0 Å². The number of hydrogen-bond acceptors (Lipinski definition) is 8. The zero-order valence-electron chi connectivity index (χ0n) is 32.5. The summed E-state index contributed by atoms with van der Waals surface area (Å²) in [6, 6.07) is 44.3. The molecular weight excluding hydrogens is 1040 g/mol. The summed E-state index contributed by atoms with van der Waals surface area (Å²) in [6.07, 6.45) is 4.88. The van der Waals surface area contributed by atoms with Crippen LogP contribution >= 0.6 is 47.8 Å². The Morgan fingerprint density at radius 2 is 1.15 bits per heavy atom. The number of benzene rings is 3. The largest absolute Gasteiger partial charge is 2.00 e. The van der Waals surface area contributed by atoms with Gasteiger partial charge in [-0.3, -0.25) is 4.79 Å². The molecule has 6 aromatic heterocycles. The molecule has 0 aliphatic heterocycles. The number of aromatic nitrogens is 9. The molecule has 0 fully saturated rings. The third kappa shape index (κ3) is 9.17. The molecule has 12 rings (SSSR count). The van der Waals surface area contributed by atoms with Gasteiger partial charge in [-0.1, -0.05) is 60.7 Å². The molecule has 0 radical (unpaired) electrons. The van der Waals surface area contributed by atoms with Gasteiger partial charge >= 0.3 is 23.1 Å². The summed E-state index contributed by atoms with van der Waals surface area (Å²) in [4.78, 5) is 25.1. The Kier molecular flexibility index (Phi) is 14.3. The summed E-state index contributed by atoms with van der Waals surface area (Å²) in [7, 11) is 0. The fourth-order valence-electron chi connectivity index (χ4n) is 7.99. The van der Waals surface area contributed by atoms with Crippen LogP contribution < -0.4 is 17.0 Å². The average molecular weight is 1080 g/mol. The molecule has 11 nitrogen and oxygen atoms in total. The van der Waals surface area contributed by atoms with Gasteiger partial charge in [0.2, 0.25) is 0 Å². The number of rotatable bonds is 2. The number of aryl methyl sites for hydroxylation is 3. The van der Waals surface area contributed by atoms with Crippen LogP contribution in [-0.4, -0.2) is 77.7 Å². The zero-order chi connectivity index (χ0) is 40.5. The van der Waals surface area contributed by atoms with E-state index in [0.29, 0.717) is 29.1 Å². The van der Waals surface area contributed by atoms with E-state index < -0.39 is 5.60 Å². The Morgan fingerprint density at radius 3 is 1.77 bits per heavy atom. The van der Waals surface area contributed by atoms with Crippen molar-refractivity contribution in [2.45, 2.75) is 50.0 Å². The third-order valence-electron chi connectivity index (χ3n) is 10.6. The van der Waals surface area contributed by atoms with E-state index in [9.17, 15) is 9.90 Å². The van der Waals surface area contributed by atoms with Crippen LogP contribution in [0.15, 0.2) is 141 Å². The van der Waals surface area contributed by atoms with Gasteiger partial charge in [0, 0.05) is 12.3 Å². The molecule has 0 bridgehead atoms. The number of nitrogens with zero attached hydrogens (tertiary/aromatic N) is 9. The van der Waals surface area contributed by atoms with Crippen molar-refractivity contribution in [3.05, 3.63) is 193 Å². The van der Waals surface area contributed by atoms with E-state index in [1.54, 1.807) is 9.03 Å². The standard InChI is InChI=1S/C15H12BrN3O.C15H12BrN3.C9H6BrN3O.C6H5.BrH.Mg/c16-12-6-7-13-17-11-8-9-15(20,14(11)19(13)18-12)10-4-2-1-3-5-10;16-13-8-9-14-17-12-7-6-11(15(12)19(14)18-13)10-4-2-1-3-5-10;10-7-3-4-8-11-5-1-2-6(14)9(5)13(8)12-7;1-2-4-6-5-3-1;;/h1-7,20H,8-9H2;1-5,8-9,11H,6-7H2;3-4H,1-2H2;1-5H;1H;/q;;;-1;;+2/p-1. The molecule has 16 heteroatoms. The number of Topliss-reactive ketones (excluding diaryl/α,β-unsaturated/α-hetero) is 1. The van der Waals surface area contributed by atoms with Gasteiger partial charge in [0.05, 0.1) is 22.8 Å². The minimum atomic E-state index is -1.01. The second-order valence-corrected chi connectivity index (χ2v) is 16.7. The number of imidazole rings is 3. The van der Waals surface area contributed by atoms with Crippen molar-refractivity contribution in [1.29, 1.82) is 0 Å². The smallest absolute Gasteiger partial charge is 1.00 e. The van der Waals surface area contributed by atoms with Gasteiger partial charge in [-0.05, 0) is 127 Å². The normalized spacial score (nSPS) is 16.8. The first-order valence-corrected chi connectivity index (χ1v) is 21.5. The maximum atomic E-state index is 11.5. The van der Waals surface area contributed by atoms with Crippen molar-refractivity contribution >= 4 is 93.6 Å². The first-order valence-electron chi connectivity index (χ1n) is 19.2. The predicted molar refractivity (Wildman–Crippen MR) is 240 cm³/mol. The number of hydrogen-bond donors (Lipinski definition) is 1. The predicted octanol–water partition coefficient (Wildman–Crippen LogP) is 5.97. The SMILES string of the molecule is Brc1ccc2nc3c(n2n1)C(c1ccccc1)CC3.O=C1CCc2nc3ccc(Br)nn3c21.OC1(c2ccccc2)CCc2nc3ccc(Br)nn3c21.[Br-].[Mg+2].[c-]1ccccc1. The monoisotopic (exact) mass is 1070 g/mol. The molecule has 0 saturated carbocycles. The average Bonchev–Trinajstić information content (AvgIpc) is 4.12. The maximum absolute atomic E-state index is 11.5. The number of carbonyl (C=O) groups is 1. The zero-order valence-corrected chi connectivity index (χ0v) is 40.3. The summed E-state index contributed by atoms with van der Waals surface area (Å²) < 4.78 is 7.65. The van der Waals surface area contributed by atoms with Crippen LogP contribution in [0.5, 0.6) is 0 Å². The van der Waals surface area contributed by atoms with Gasteiger partial charge in [-0.15, -0.1) is 0 Å². The maximum Gasteiger partial charge on any atom is 2.00 e. The van der Waals surface area contributed by atoms with Gasteiger partial charge < -0.3 is 22.1 Å². The number of carbonyl (C=O) groups excluding carboxylic acids is 1. The van der Waals surface area contributed by atoms with Gasteiger partial charge in [0.25, 0.3) is 0 Å². The Labute approximate surface area is 403 Å². The molecule has 3 aliphatic rings. The van der Waals surface area contributed by atoms with E-state index in [-0.39, 0.29) is 45.8 Å². The van der Waals surface area contributed by atoms with E-state index >= 15 is 0 Å². The van der Waals surface area contributed by atoms with Crippen molar-refractivity contribution in [2.24, 2.45) is 0 Å². The molecule has 3 aromatic carbocycles. The molecule has 1 N–H and O–H groups in total. The summed E-state index contributed by atoms with van der Waals surface area (Å²) in [5.74, 6) is 0.547. The molecule has 3 aliphatic carbocycles. The molecule has 6 heterocycles. The van der Waals surface area contributed by atoms with Crippen molar-refractivity contribution in [1.82, 2.24) is 43.8 Å². The van der Waals surface area contributed by atoms with Crippen LogP contribution in [0, 0.1) is 6.07 Å². The summed E-state index contributed by atoms with van der Waals surface area (Å²) in [6.45, 7) is 0. The topological polar surface area (TPSA) is 128 Å². The molecule has 61 heavy (non-hydrogen) atoms. The fourth-order valence-corrected chi connectivity index (χ4v) is 8.87. The van der Waals surface area contributed by atoms with E-state index in [0.717, 1.165) is 74.5 Å². The van der Waals surface area contributed by atoms with Crippen LogP contribution in [0.1, 0.15) is 75.3 Å². The Balaban J connectivity index is 0.000000128. The summed E-state index contributed by atoms with van der Waals surface area (Å²) >= 11 is 10.1. The minimum absolute atomic E-state index is 0. The number of halogens is 4. The minimum Gasteiger partial charge on any atom is -1.00 e. The molecule has 302 valence electrons. The van der Waals surface area contributed by atoms with Crippen molar-refractivity contribution in [2.75, 3.05) is 0 Å². The first-order chi connectivity index (χ1) is 28.8. The Bertz CT molecular complexity index is 2920. The van der Waals surface area contributed by atoms with E-state index in [4.69, 9.17) is 0 Å². The molecule has 2 unspecified atom stereocenters. The molecule has 9 aromatic rings. The Hall–Kier alpha value is -4.16. The fraction of sp³-hybridized carbons (Fsp3) is 0.178. The van der Waals surface area contributed by atoms with E-state index in [1.807, 2.05) is 102 Å². The van der Waals surface area contributed by atoms with Crippen LogP contribution in [0.2, 0.25) is 0 Å². The Morgan fingerprint density at radius 1 is 0.607 bits per heavy atom. The van der Waals surface area contributed by atoms with E-state index in [1.165, 1.54) is 17.0 Å². The number of fused-ring (bicyclic) bond motifs is 9. The van der Waals surface area contributed by atoms with Gasteiger partial charge in [0.15, 0.2) is 22.7 Å². The summed E-state index contributed by atoms with van der Waals surface area (Å²) in [5.41, 5.74) is 9.38. The van der Waals surface area contributed by atoms with Gasteiger partial charge in [0.1, 0.15) is 30.8 Å². The number of ketones is 1. The quantitative estimate of drug-likeness (QED) is 0.166. The van der Waals surface area contributed by atoms with Gasteiger partial charge in [-0.2, -0.15) is 51.7 Å². The van der Waals surface area contributed by atoms with Crippen molar-refractivity contribution in [3.8, 4) is 0 Å². The van der Waals surface area contributed by atoms with Gasteiger partial charge in [-0.25, -0.2) is 28.5 Å². The molecule has 0 amide bonds. The van der Waals surface area contributed by atoms with Crippen molar-refractivity contribution < 1.29 is 26.9 Å². The molecule has 2 atom stereocenters. The molecule has 0 spiro atoms. The van der Waals surface area contributed by atoms with Crippen LogP contribution in [-0.2, 0) is 24.9 Å². The van der Waals surface area contributed by atoms with Crippen LogP contribution in [0.3, 0.4) is 0 Å². The third-order valence-corrected chi connectivity index (χ3v) is 11.9. The van der Waals surface area contributed by atoms with Crippen LogP contribution in [0.4, 0.5) is 0 Å². The second kappa shape index (κ2) is 19.5. The molecular formula is C45H35Br4MgN9O2. The van der Waals surface area contributed by atoms with E-state index in [2.05, 4.69) is 114 Å². The summed E-state index contributed by atoms with van der Waals surface area (Å²) in [5, 5.41) is 24.4. The molecule has 0 saturated heterocycles.